The van der Waals surface area contributed by atoms with E-state index in [2.05, 4.69) is 43.3 Å². The van der Waals surface area contributed by atoms with Gasteiger partial charge in [0.2, 0.25) is 0 Å². The van der Waals surface area contributed by atoms with Crippen LogP contribution in [0, 0.1) is 11.8 Å². The fourth-order valence-corrected chi connectivity index (χ4v) is 6.80. The predicted octanol–water partition coefficient (Wildman–Crippen LogP) is 6.01. The van der Waals surface area contributed by atoms with Gasteiger partial charge >= 0.3 is 0 Å². The standard InChI is InChI=1S/C25H26O2/c1-25-11-9-20-19-8-6-18(26-2)13-16(19)5-7-21(20)22(25)14-17-4-3-15-10-12-27-24(15)23(17)25/h3-4,6,8,10,12-13,20-22H,5,7,9,11,14H2,1-2H3/t20?,21?,22?,25-/m0/s1. The molecule has 3 aliphatic carbocycles. The Morgan fingerprint density at radius 1 is 1.07 bits per heavy atom. The molecule has 1 saturated carbocycles. The summed E-state index contributed by atoms with van der Waals surface area (Å²) in [5.41, 5.74) is 7.58. The van der Waals surface area contributed by atoms with E-state index in [0.29, 0.717) is 5.92 Å². The smallest absolute Gasteiger partial charge is 0.137 e. The molecular weight excluding hydrogens is 332 g/mol. The molecule has 0 aliphatic heterocycles. The average molecular weight is 358 g/mol. The lowest BCUT2D eigenvalue weighted by Gasteiger charge is -2.49. The quantitative estimate of drug-likeness (QED) is 0.531. The van der Waals surface area contributed by atoms with Crippen LogP contribution in [0.2, 0.25) is 0 Å². The molecule has 2 heteroatoms. The lowest BCUT2D eigenvalue weighted by atomic mass is 9.55. The lowest BCUT2D eigenvalue weighted by molar-refractivity contribution is 0.106. The Hall–Kier alpha value is -2.22. The van der Waals surface area contributed by atoms with Crippen LogP contribution in [0.4, 0.5) is 0 Å². The highest BCUT2D eigenvalue weighted by Gasteiger charge is 2.53. The number of rotatable bonds is 1. The van der Waals surface area contributed by atoms with Crippen LogP contribution in [-0.2, 0) is 18.3 Å². The molecule has 6 rings (SSSR count). The third-order valence-corrected chi connectivity index (χ3v) is 8.04. The van der Waals surface area contributed by atoms with Crippen LogP contribution in [0.3, 0.4) is 0 Å². The van der Waals surface area contributed by atoms with Gasteiger partial charge in [-0.15, -0.1) is 0 Å². The van der Waals surface area contributed by atoms with Gasteiger partial charge in [0.1, 0.15) is 11.3 Å². The lowest BCUT2D eigenvalue weighted by Crippen LogP contribution is -2.43. The molecule has 1 heterocycles. The number of fused-ring (bicyclic) bond motifs is 9. The van der Waals surface area contributed by atoms with Crippen molar-refractivity contribution in [3.05, 3.63) is 64.9 Å². The number of ether oxygens (including phenoxy) is 1. The first kappa shape index (κ1) is 15.8. The van der Waals surface area contributed by atoms with E-state index in [4.69, 9.17) is 9.15 Å². The zero-order valence-corrected chi connectivity index (χ0v) is 16.1. The summed E-state index contributed by atoms with van der Waals surface area (Å²) in [4.78, 5) is 0. The number of aryl methyl sites for hydroxylation is 1. The summed E-state index contributed by atoms with van der Waals surface area (Å²) >= 11 is 0. The highest BCUT2D eigenvalue weighted by Crippen LogP contribution is 2.61. The average Bonchev–Trinajstić information content (AvgIpc) is 3.28. The first-order chi connectivity index (χ1) is 13.2. The molecule has 0 N–H and O–H groups in total. The highest BCUT2D eigenvalue weighted by atomic mass is 16.5. The molecule has 0 amide bonds. The topological polar surface area (TPSA) is 22.4 Å². The van der Waals surface area contributed by atoms with Crippen LogP contribution in [0.5, 0.6) is 5.75 Å². The summed E-state index contributed by atoms with van der Waals surface area (Å²) in [7, 11) is 1.77. The van der Waals surface area contributed by atoms with E-state index in [9.17, 15) is 0 Å². The number of methoxy groups -OCH3 is 1. The van der Waals surface area contributed by atoms with Crippen molar-refractivity contribution in [1.82, 2.24) is 0 Å². The Morgan fingerprint density at radius 3 is 2.89 bits per heavy atom. The molecule has 2 aromatic carbocycles. The molecule has 3 aromatic rings. The largest absolute Gasteiger partial charge is 0.497 e. The Labute approximate surface area is 160 Å². The minimum absolute atomic E-state index is 0.262. The van der Waals surface area contributed by atoms with E-state index >= 15 is 0 Å². The molecular formula is C25H26O2. The summed E-state index contributed by atoms with van der Waals surface area (Å²) in [6.07, 6.45) is 8.12. The van der Waals surface area contributed by atoms with Gasteiger partial charge in [0.25, 0.3) is 0 Å². The van der Waals surface area contributed by atoms with Crippen LogP contribution in [0.1, 0.15) is 54.4 Å². The Morgan fingerprint density at radius 2 is 2.00 bits per heavy atom. The molecule has 4 atom stereocenters. The van der Waals surface area contributed by atoms with Gasteiger partial charge < -0.3 is 9.15 Å². The maximum atomic E-state index is 5.98. The number of hydrogen-bond donors (Lipinski definition) is 0. The monoisotopic (exact) mass is 358 g/mol. The van der Waals surface area contributed by atoms with Gasteiger partial charge in [0, 0.05) is 10.9 Å². The second-order valence-electron chi connectivity index (χ2n) is 9.08. The van der Waals surface area contributed by atoms with Crippen molar-refractivity contribution in [2.45, 2.75) is 50.4 Å². The molecule has 1 aromatic heterocycles. The maximum absolute atomic E-state index is 5.98. The molecule has 0 bridgehead atoms. The molecule has 27 heavy (non-hydrogen) atoms. The third kappa shape index (κ3) is 2.02. The van der Waals surface area contributed by atoms with Crippen LogP contribution < -0.4 is 4.74 Å². The van der Waals surface area contributed by atoms with Crippen molar-refractivity contribution >= 4 is 11.0 Å². The van der Waals surface area contributed by atoms with Crippen LogP contribution in [0.25, 0.3) is 11.0 Å². The number of benzene rings is 2. The van der Waals surface area contributed by atoms with E-state index in [0.717, 1.165) is 23.2 Å². The van der Waals surface area contributed by atoms with Gasteiger partial charge in [0.05, 0.1) is 13.4 Å². The Kier molecular flexibility index (Phi) is 3.16. The van der Waals surface area contributed by atoms with Gasteiger partial charge in [-0.2, -0.15) is 0 Å². The normalized spacial score (nSPS) is 31.1. The molecule has 3 unspecified atom stereocenters. The predicted molar refractivity (Wildman–Crippen MR) is 108 cm³/mol. The van der Waals surface area contributed by atoms with E-state index in [1.807, 2.05) is 6.26 Å². The Bertz CT molecular complexity index is 1050. The summed E-state index contributed by atoms with van der Waals surface area (Å²) < 4.78 is 11.4. The summed E-state index contributed by atoms with van der Waals surface area (Å²) in [5.74, 6) is 3.22. The third-order valence-electron chi connectivity index (χ3n) is 8.04. The van der Waals surface area contributed by atoms with Crippen molar-refractivity contribution < 1.29 is 9.15 Å². The van der Waals surface area contributed by atoms with Crippen molar-refractivity contribution in [1.29, 1.82) is 0 Å². The van der Waals surface area contributed by atoms with E-state index in [1.165, 1.54) is 54.2 Å². The van der Waals surface area contributed by atoms with Crippen molar-refractivity contribution in [3.8, 4) is 5.75 Å². The van der Waals surface area contributed by atoms with E-state index in [1.54, 1.807) is 12.7 Å². The van der Waals surface area contributed by atoms with Gasteiger partial charge in [-0.1, -0.05) is 25.1 Å². The van der Waals surface area contributed by atoms with E-state index in [-0.39, 0.29) is 5.41 Å². The highest BCUT2D eigenvalue weighted by molar-refractivity contribution is 5.83. The molecule has 3 aliphatic rings. The van der Waals surface area contributed by atoms with Gasteiger partial charge in [-0.25, -0.2) is 0 Å². The maximum Gasteiger partial charge on any atom is 0.137 e. The minimum Gasteiger partial charge on any atom is -0.497 e. The van der Waals surface area contributed by atoms with Gasteiger partial charge in [-0.3, -0.25) is 0 Å². The Balaban J connectivity index is 1.44. The van der Waals surface area contributed by atoms with Gasteiger partial charge in [-0.05, 0) is 90.2 Å². The summed E-state index contributed by atoms with van der Waals surface area (Å²) in [6, 6.07) is 13.5. The van der Waals surface area contributed by atoms with Crippen molar-refractivity contribution in [3.63, 3.8) is 0 Å². The summed E-state index contributed by atoms with van der Waals surface area (Å²) in [6.45, 7) is 2.52. The molecule has 0 spiro atoms. The van der Waals surface area contributed by atoms with Crippen LogP contribution in [-0.4, -0.2) is 7.11 Å². The second-order valence-corrected chi connectivity index (χ2v) is 9.08. The van der Waals surface area contributed by atoms with Gasteiger partial charge in [0.15, 0.2) is 0 Å². The molecule has 0 radical (unpaired) electrons. The number of hydrogen-bond acceptors (Lipinski definition) is 2. The molecule has 0 saturated heterocycles. The van der Waals surface area contributed by atoms with Crippen molar-refractivity contribution in [2.75, 3.05) is 7.11 Å². The minimum atomic E-state index is 0.262. The van der Waals surface area contributed by atoms with E-state index < -0.39 is 0 Å². The molecule has 1 fully saturated rings. The van der Waals surface area contributed by atoms with Crippen LogP contribution in [0.15, 0.2) is 47.1 Å². The SMILES string of the molecule is COc1ccc2c(c1)CCC1C2CC[C@]2(C)c3c(ccc4ccoc34)CC12. The fourth-order valence-electron chi connectivity index (χ4n) is 6.80. The first-order valence-electron chi connectivity index (χ1n) is 10.4. The number of furan rings is 1. The molecule has 2 nitrogen and oxygen atoms in total. The molecule has 138 valence electrons. The fraction of sp³-hybridized carbons (Fsp3) is 0.440. The van der Waals surface area contributed by atoms with Crippen LogP contribution >= 0.6 is 0 Å². The zero-order valence-electron chi connectivity index (χ0n) is 16.1. The second kappa shape index (κ2) is 5.41. The summed E-state index contributed by atoms with van der Waals surface area (Å²) in [5, 5.41) is 1.26. The first-order valence-corrected chi connectivity index (χ1v) is 10.4. The van der Waals surface area contributed by atoms with Crippen molar-refractivity contribution in [2.24, 2.45) is 11.8 Å². The zero-order chi connectivity index (χ0) is 18.2.